The Morgan fingerprint density at radius 2 is 1.66 bits per heavy atom. The molecule has 0 bridgehead atoms. The zero-order chi connectivity index (χ0) is 56.5. The van der Waals surface area contributed by atoms with Crippen LogP contribution in [0, 0.1) is 22.0 Å². The second-order valence-electron chi connectivity index (χ2n) is 16.3. The van der Waals surface area contributed by atoms with Crippen LogP contribution < -0.4 is 21.4 Å². The number of phosphoric acid groups is 3. The lowest BCUT2D eigenvalue weighted by Crippen LogP contribution is -2.34. The molecule has 0 spiro atoms. The SMILES string of the molecule is COc1cc2c(-c3cc(C(=O)CCC#Cc4ccc(COCc5cn([C@H]6CC(O)[C@@H](COP(=O)(O)OP(=O)(O)OP(=O)(O)O)O6)c(=O)[nH]c5=O)c([N+](=O)[O-])c4)ccc3C(=O)O)c3cc(CO)c(O)c(Cl)c3oc-2c(Cl)c1=O. The van der Waals surface area contributed by atoms with Gasteiger partial charge in [-0.1, -0.05) is 41.1 Å². The van der Waals surface area contributed by atoms with E-state index < -0.39 is 130 Å². The Labute approximate surface area is 439 Å². The van der Waals surface area contributed by atoms with Crippen LogP contribution in [0.25, 0.3) is 33.4 Å². The summed E-state index contributed by atoms with van der Waals surface area (Å²) >= 11 is 12.9. The van der Waals surface area contributed by atoms with E-state index in [1.54, 1.807) is 0 Å². The smallest absolute Gasteiger partial charge is 0.490 e. The van der Waals surface area contributed by atoms with Gasteiger partial charge < -0.3 is 58.6 Å². The van der Waals surface area contributed by atoms with Crippen LogP contribution >= 0.6 is 46.7 Å². The summed E-state index contributed by atoms with van der Waals surface area (Å²) in [6.07, 6.45) is -4.15. The molecule has 77 heavy (non-hydrogen) atoms. The number of phenols is 1. The van der Waals surface area contributed by atoms with E-state index in [1.165, 1.54) is 49.6 Å². The molecule has 3 unspecified atom stereocenters. The van der Waals surface area contributed by atoms with E-state index in [0.717, 1.165) is 16.8 Å². The number of ketones is 1. The van der Waals surface area contributed by atoms with Gasteiger partial charge in [0.2, 0.25) is 5.43 Å². The van der Waals surface area contributed by atoms with E-state index in [4.69, 9.17) is 51.6 Å². The van der Waals surface area contributed by atoms with Crippen LogP contribution in [0.2, 0.25) is 10.0 Å². The molecule has 3 aliphatic rings. The Morgan fingerprint density at radius 1 is 0.948 bits per heavy atom. The third-order valence-electron chi connectivity index (χ3n) is 11.3. The molecule has 7 rings (SSSR count). The van der Waals surface area contributed by atoms with E-state index in [0.29, 0.717) is 0 Å². The first kappa shape index (κ1) is 58.2. The molecule has 3 heterocycles. The number of nitrogens with one attached hydrogen (secondary N) is 1. The predicted octanol–water partition coefficient (Wildman–Crippen LogP) is 5.26. The van der Waals surface area contributed by atoms with Crippen LogP contribution in [0.15, 0.2) is 73.5 Å². The summed E-state index contributed by atoms with van der Waals surface area (Å²) in [5.41, 5.74) is -3.86. The average Bonchev–Trinajstić information content (AvgIpc) is 3.77. The van der Waals surface area contributed by atoms with E-state index in [9.17, 15) is 78.0 Å². The minimum atomic E-state index is -5.85. The highest BCUT2D eigenvalue weighted by Gasteiger charge is 2.43. The van der Waals surface area contributed by atoms with Gasteiger partial charge in [0, 0.05) is 64.7 Å². The molecular formula is C44H38Cl2N3O25P3. The van der Waals surface area contributed by atoms with Crippen molar-refractivity contribution < 1.29 is 100.0 Å². The number of aliphatic hydroxyl groups is 2. The molecule has 0 saturated carbocycles. The lowest BCUT2D eigenvalue weighted by molar-refractivity contribution is -0.386. The number of nitrogens with zero attached hydrogens (tertiary/aromatic N) is 2. The van der Waals surface area contributed by atoms with Gasteiger partial charge >= 0.3 is 35.1 Å². The van der Waals surface area contributed by atoms with Crippen molar-refractivity contribution in [1.29, 1.82) is 0 Å². The lowest BCUT2D eigenvalue weighted by Gasteiger charge is -2.20. The Balaban J connectivity index is 1.03. The number of aromatic nitrogens is 2. The van der Waals surface area contributed by atoms with Gasteiger partial charge in [0.15, 0.2) is 22.9 Å². The van der Waals surface area contributed by atoms with Crippen LogP contribution in [-0.4, -0.2) is 92.2 Å². The Hall–Kier alpha value is -6.44. The predicted molar refractivity (Wildman–Crippen MR) is 263 cm³/mol. The lowest BCUT2D eigenvalue weighted by atomic mass is 9.88. The standard InChI is InChI=1S/C44H38Cl2N3O25P3/c1-68-32-13-28-35(27-12-23(16-50)38(53)36(45)40(27)72-41(28)37(46)39(32)54)26-11-21(8-9-25(26)43(56)57)30(51)5-3-2-4-20-6-7-22(29(10-20)49(59)60)17-69-18-24-15-48(44(58)47-42(24)55)34-14-31(52)33(71-34)19-70-76(64,65)74-77(66,67)73-75(61,62)63/h6-13,15,31,33-34,50,52-53H,3,5,14,16-19H2,1H3,(H,56,57)(H,64,65)(H,66,67)(H,47,55,58)(H2,61,62,63)/t31?,33-,34-/m1/s1. The number of nitro benzene ring substituents is 1. The number of nitro groups is 1. The topological polar surface area (TPSA) is 431 Å². The number of aromatic amines is 1. The number of carbonyl (C=O) groups is 2. The molecule has 1 fully saturated rings. The van der Waals surface area contributed by atoms with E-state index in [-0.39, 0.29) is 85.4 Å². The number of rotatable bonds is 20. The molecular weight excluding hydrogens is 1130 g/mol. The van der Waals surface area contributed by atoms with Gasteiger partial charge in [-0.05, 0) is 42.0 Å². The number of Topliss-reactive ketones (excluding diaryl/α,β-unsaturated/α-hetero) is 1. The van der Waals surface area contributed by atoms with Gasteiger partial charge in [0.1, 0.15) is 28.1 Å². The van der Waals surface area contributed by atoms with Crippen molar-refractivity contribution in [2.75, 3.05) is 13.7 Å². The van der Waals surface area contributed by atoms with Crippen molar-refractivity contribution in [1.82, 2.24) is 9.55 Å². The second-order valence-corrected chi connectivity index (χ2v) is 21.5. The summed E-state index contributed by atoms with van der Waals surface area (Å²) in [6, 6.07) is 10.1. The van der Waals surface area contributed by atoms with Crippen molar-refractivity contribution in [2.24, 2.45) is 0 Å². The molecule has 1 aliphatic carbocycles. The monoisotopic (exact) mass is 1170 g/mol. The summed E-state index contributed by atoms with van der Waals surface area (Å²) in [6.45, 7) is -2.76. The van der Waals surface area contributed by atoms with Gasteiger partial charge in [0.05, 0.1) is 61.3 Å². The number of phosphoric ester groups is 1. The largest absolute Gasteiger partial charge is 0.506 e. The fourth-order valence-corrected chi connectivity index (χ4v) is 11.3. The van der Waals surface area contributed by atoms with Crippen molar-refractivity contribution in [3.8, 4) is 45.8 Å². The number of aliphatic hydroxyl groups excluding tert-OH is 2. The number of hydrogen-bond acceptors (Lipinski definition) is 20. The minimum absolute atomic E-state index is 0.00775. The number of halogens is 2. The highest BCUT2D eigenvalue weighted by Crippen LogP contribution is 2.66. The quantitative estimate of drug-likeness (QED) is 0.0118. The zero-order valence-corrected chi connectivity index (χ0v) is 43.1. The number of aromatic hydroxyl groups is 1. The number of carboxylic acid groups (broad SMARTS) is 1. The van der Waals surface area contributed by atoms with Crippen molar-refractivity contribution in [2.45, 2.75) is 57.5 Å². The number of carbonyl (C=O) groups excluding carboxylic acids is 1. The van der Waals surface area contributed by atoms with E-state index in [1.807, 2.05) is 4.98 Å². The fraction of sp³-hybridized carbons (Fsp3) is 0.250. The molecule has 1 saturated heterocycles. The van der Waals surface area contributed by atoms with Gasteiger partial charge in [0.25, 0.3) is 11.2 Å². The maximum atomic E-state index is 13.7. The van der Waals surface area contributed by atoms with Crippen LogP contribution in [0.4, 0.5) is 5.69 Å². The third-order valence-corrected chi connectivity index (χ3v) is 15.8. The maximum absolute atomic E-state index is 13.7. The molecule has 28 nitrogen and oxygen atoms in total. The highest BCUT2D eigenvalue weighted by molar-refractivity contribution is 7.66. The van der Waals surface area contributed by atoms with E-state index >= 15 is 0 Å². The van der Waals surface area contributed by atoms with Crippen molar-refractivity contribution >= 4 is 75.1 Å². The molecule has 2 aliphatic heterocycles. The molecule has 0 amide bonds. The second kappa shape index (κ2) is 23.3. The zero-order valence-electron chi connectivity index (χ0n) is 38.9. The third kappa shape index (κ3) is 13.3. The molecule has 1 aromatic heterocycles. The molecule has 9 N–H and O–H groups in total. The number of ether oxygens (including phenoxy) is 3. The number of methoxy groups -OCH3 is 1. The number of H-pyrrole nitrogens is 1. The van der Waals surface area contributed by atoms with Crippen LogP contribution in [0.5, 0.6) is 11.5 Å². The first-order valence-electron chi connectivity index (χ1n) is 21.6. The first-order valence-corrected chi connectivity index (χ1v) is 26.9. The number of carboxylic acids is 1. The Morgan fingerprint density at radius 3 is 2.32 bits per heavy atom. The normalized spacial score (nSPS) is 17.1. The first-order chi connectivity index (χ1) is 36.1. The molecule has 0 radical (unpaired) electrons. The average molecular weight is 1170 g/mol. The molecule has 5 atom stereocenters. The molecule has 4 aromatic rings. The number of fused-ring (bicyclic) bond motifs is 2. The van der Waals surface area contributed by atoms with Gasteiger partial charge in [-0.25, -0.2) is 23.3 Å². The van der Waals surface area contributed by atoms with Crippen molar-refractivity contribution in [3.63, 3.8) is 0 Å². The van der Waals surface area contributed by atoms with E-state index in [2.05, 4.69) is 25.0 Å². The molecule has 408 valence electrons. The van der Waals surface area contributed by atoms with Crippen LogP contribution in [0.1, 0.15) is 68.5 Å². The maximum Gasteiger partial charge on any atom is 0.490 e. The Kier molecular flexibility index (Phi) is 17.6. The minimum Gasteiger partial charge on any atom is -0.506 e. The number of aromatic carboxylic acids is 1. The van der Waals surface area contributed by atoms with Gasteiger partial charge in [-0.15, -0.1) is 0 Å². The van der Waals surface area contributed by atoms with Gasteiger partial charge in [-0.2, -0.15) is 8.62 Å². The summed E-state index contributed by atoms with van der Waals surface area (Å²) in [5.74, 6) is 2.50. The summed E-state index contributed by atoms with van der Waals surface area (Å²) < 4.78 is 69.4. The Bertz CT molecular complexity index is 3750. The summed E-state index contributed by atoms with van der Waals surface area (Å²) in [4.78, 5) is 115. The number of hydrogen-bond donors (Lipinski definition) is 9. The molecule has 33 heteroatoms. The fourth-order valence-electron chi connectivity index (χ4n) is 7.80. The molecule has 3 aromatic carbocycles. The highest BCUT2D eigenvalue weighted by atomic mass is 35.5. The van der Waals surface area contributed by atoms with Crippen LogP contribution in [-0.2, 0) is 56.1 Å². The van der Waals surface area contributed by atoms with Crippen molar-refractivity contribution in [3.05, 3.63) is 139 Å². The summed E-state index contributed by atoms with van der Waals surface area (Å²) in [5, 5.41) is 52.9. The number of benzene rings is 4. The summed E-state index contributed by atoms with van der Waals surface area (Å²) in [7, 11) is -15.9. The van der Waals surface area contributed by atoms with Crippen LogP contribution in [0.3, 0.4) is 0 Å². The van der Waals surface area contributed by atoms with Gasteiger partial charge in [-0.3, -0.25) is 38.6 Å².